The quantitative estimate of drug-likeness (QED) is 0.0242. The van der Waals surface area contributed by atoms with Gasteiger partial charge in [-0.05, 0) is 125 Å². The van der Waals surface area contributed by atoms with Crippen LogP contribution in [-0.4, -0.2) is 122 Å². The number of hydrogen-bond acceptors (Lipinski definition) is 22. The second-order valence-electron chi connectivity index (χ2n) is 13.8. The van der Waals surface area contributed by atoms with Crippen molar-refractivity contribution in [2.24, 2.45) is 0 Å². The molecule has 0 radical (unpaired) electrons. The van der Waals surface area contributed by atoms with E-state index in [1.807, 2.05) is 13.8 Å². The zero-order chi connectivity index (χ0) is 40.7. The minimum atomic E-state index is -1.01. The first-order valence-corrected chi connectivity index (χ1v) is 26.0. The summed E-state index contributed by atoms with van der Waals surface area (Å²) in [7, 11) is 4.26. The van der Waals surface area contributed by atoms with Crippen molar-refractivity contribution < 1.29 is 19.1 Å². The van der Waals surface area contributed by atoms with Crippen LogP contribution < -0.4 is 0 Å². The number of carbonyl (C=O) groups is 2. The molecule has 58 heavy (non-hydrogen) atoms. The molecule has 0 fully saturated rings. The lowest BCUT2D eigenvalue weighted by Gasteiger charge is -2.22. The SMILES string of the molecule is Cc1nnc(SC(CCCCCSc2nsnc2C2=CCCN(C)C2)OC(=O)C(=O)OC(CCCCCSc2nsnc2C2=CCCN(C)C2)Sc2nnc(C)s2)s1. The van der Waals surface area contributed by atoms with Crippen LogP contribution in [0.1, 0.15) is 85.6 Å². The first-order chi connectivity index (χ1) is 28.2. The van der Waals surface area contributed by atoms with Gasteiger partial charge in [-0.15, -0.1) is 43.9 Å². The summed E-state index contributed by atoms with van der Waals surface area (Å²) in [6, 6.07) is 0. The van der Waals surface area contributed by atoms with E-state index in [0.29, 0.717) is 21.5 Å². The van der Waals surface area contributed by atoms with Crippen molar-refractivity contribution >= 4 is 116 Å². The summed E-state index contributed by atoms with van der Waals surface area (Å²) < 4.78 is 31.3. The lowest BCUT2D eigenvalue weighted by atomic mass is 10.1. The molecule has 0 saturated heterocycles. The van der Waals surface area contributed by atoms with Gasteiger partial charge in [0.2, 0.25) is 0 Å². The second kappa shape index (κ2) is 23.8. The number of hydrogen-bond donors (Lipinski definition) is 0. The zero-order valence-electron chi connectivity index (χ0n) is 33.0. The highest BCUT2D eigenvalue weighted by molar-refractivity contribution is 8.01. The van der Waals surface area contributed by atoms with Crippen LogP contribution in [0.2, 0.25) is 0 Å². The third kappa shape index (κ3) is 14.6. The maximum absolute atomic E-state index is 13.3. The number of rotatable bonds is 22. The van der Waals surface area contributed by atoms with Crippen LogP contribution in [0, 0.1) is 13.8 Å². The van der Waals surface area contributed by atoms with Crippen LogP contribution in [0.15, 0.2) is 30.9 Å². The first kappa shape index (κ1) is 45.5. The fourth-order valence-corrected chi connectivity index (χ4v) is 13.6. The lowest BCUT2D eigenvalue weighted by Crippen LogP contribution is -2.27. The number of ether oxygens (including phenoxy) is 2. The summed E-state index contributed by atoms with van der Waals surface area (Å²) >= 11 is 11.5. The van der Waals surface area contributed by atoms with Gasteiger partial charge in [-0.1, -0.05) is 47.7 Å². The van der Waals surface area contributed by atoms with Gasteiger partial charge in [-0.25, -0.2) is 9.59 Å². The van der Waals surface area contributed by atoms with E-state index in [-0.39, 0.29) is 0 Å². The summed E-state index contributed by atoms with van der Waals surface area (Å²) in [6.45, 7) is 7.67. The Morgan fingerprint density at radius 1 is 0.655 bits per heavy atom. The molecule has 0 N–H and O–H groups in total. The van der Waals surface area contributed by atoms with Gasteiger partial charge in [0.05, 0.1) is 23.5 Å². The predicted octanol–water partition coefficient (Wildman–Crippen LogP) is 8.48. The summed E-state index contributed by atoms with van der Waals surface area (Å²) in [5, 5.41) is 20.3. The van der Waals surface area contributed by atoms with Crippen LogP contribution in [0.3, 0.4) is 0 Å². The lowest BCUT2D eigenvalue weighted by molar-refractivity contribution is -0.169. The number of thioether (sulfide) groups is 4. The van der Waals surface area contributed by atoms with E-state index >= 15 is 0 Å². The molecule has 2 unspecified atom stereocenters. The molecule has 2 aliphatic heterocycles. The van der Waals surface area contributed by atoms with Crippen molar-refractivity contribution in [2.45, 2.75) is 108 Å². The normalized spacial score (nSPS) is 16.2. The number of unbranched alkanes of at least 4 members (excludes halogenated alkanes) is 4. The Morgan fingerprint density at radius 3 is 1.50 bits per heavy atom. The molecule has 14 nitrogen and oxygen atoms in total. The van der Waals surface area contributed by atoms with Gasteiger partial charge in [0.15, 0.2) is 19.6 Å². The second-order valence-corrected chi connectivity index (χ2v) is 22.2. The van der Waals surface area contributed by atoms with Gasteiger partial charge in [-0.3, -0.25) is 0 Å². The number of likely N-dealkylation sites (N-methyl/N-ethyl adjacent to an activating group) is 2. The van der Waals surface area contributed by atoms with E-state index in [2.05, 4.69) is 73.9 Å². The van der Waals surface area contributed by atoms with Crippen molar-refractivity contribution in [3.8, 4) is 0 Å². The van der Waals surface area contributed by atoms with E-state index in [4.69, 9.17) is 9.47 Å². The van der Waals surface area contributed by atoms with E-state index < -0.39 is 22.8 Å². The molecule has 4 aromatic heterocycles. The standard InChI is InChI=1S/C36H48N10O4S8/c1-23-37-39-35(53-23)55-27(15-7-5-9-19-51-31-29(41-57-43-31)25-13-11-17-45(3)21-25)49-33(47)34(48)50-28(56-36-40-38-24(2)54-36)16-8-6-10-20-52-32-30(42-58-44-32)26-14-12-18-46(4)22-26/h13-14,27-28H,5-12,15-22H2,1-4H3. The van der Waals surface area contributed by atoms with E-state index in [9.17, 15) is 9.59 Å². The van der Waals surface area contributed by atoms with Crippen LogP contribution in [0.25, 0.3) is 11.1 Å². The molecule has 6 heterocycles. The third-order valence-electron chi connectivity index (χ3n) is 8.98. The molecule has 0 saturated carbocycles. The maximum atomic E-state index is 13.3. The molecule has 2 atom stereocenters. The average Bonchev–Trinajstić information content (AvgIpc) is 4.03. The number of aromatic nitrogens is 8. The number of aryl methyl sites for hydroxylation is 2. The molecule has 0 aliphatic carbocycles. The Labute approximate surface area is 373 Å². The Hall–Kier alpha value is -2.02. The molecule has 6 rings (SSSR count). The zero-order valence-corrected chi connectivity index (χ0v) is 39.5. The highest BCUT2D eigenvalue weighted by Crippen LogP contribution is 2.34. The predicted molar refractivity (Wildman–Crippen MR) is 239 cm³/mol. The molecule has 4 aromatic rings. The Morgan fingerprint density at radius 2 is 1.10 bits per heavy atom. The molecule has 0 bridgehead atoms. The fraction of sp³-hybridized carbons (Fsp3) is 0.611. The van der Waals surface area contributed by atoms with Crippen molar-refractivity contribution in [1.82, 2.24) is 47.7 Å². The van der Waals surface area contributed by atoms with Crippen molar-refractivity contribution in [1.29, 1.82) is 0 Å². The van der Waals surface area contributed by atoms with Crippen molar-refractivity contribution in [2.75, 3.05) is 51.8 Å². The van der Waals surface area contributed by atoms with Crippen LogP contribution in [0.4, 0.5) is 0 Å². The molecule has 22 heteroatoms. The Balaban J connectivity index is 0.956. The van der Waals surface area contributed by atoms with Crippen molar-refractivity contribution in [3.63, 3.8) is 0 Å². The number of esters is 2. The third-order valence-corrected chi connectivity index (χ3v) is 16.5. The minimum absolute atomic E-state index is 0.559. The smallest absolute Gasteiger partial charge is 0.418 e. The number of carbonyl (C=O) groups excluding carboxylic acids is 2. The number of nitrogens with zero attached hydrogens (tertiary/aromatic N) is 10. The molecular formula is C36H48N10O4S8. The maximum Gasteiger partial charge on any atom is 0.418 e. The average molecular weight is 941 g/mol. The van der Waals surface area contributed by atoms with Crippen molar-refractivity contribution in [3.05, 3.63) is 33.6 Å². The first-order valence-electron chi connectivity index (χ1n) is 19.2. The van der Waals surface area contributed by atoms with E-state index in [0.717, 1.165) is 121 Å². The summed E-state index contributed by atoms with van der Waals surface area (Å²) in [5.41, 5.74) is 3.31. The molecular weight excluding hydrogens is 893 g/mol. The van der Waals surface area contributed by atoms with Crippen LogP contribution in [-0.2, 0) is 19.1 Å². The van der Waals surface area contributed by atoms with E-state index in [1.54, 1.807) is 23.5 Å². The Bertz CT molecular complexity index is 1840. The topological polar surface area (TPSA) is 162 Å². The van der Waals surface area contributed by atoms with Crippen LogP contribution in [0.5, 0.6) is 0 Å². The van der Waals surface area contributed by atoms with Gasteiger partial charge in [0, 0.05) is 26.2 Å². The Kier molecular flexibility index (Phi) is 18.7. The summed E-state index contributed by atoms with van der Waals surface area (Å²) in [5.74, 6) is -0.201. The molecule has 314 valence electrons. The van der Waals surface area contributed by atoms with Crippen LogP contribution >= 0.6 is 93.2 Å². The highest BCUT2D eigenvalue weighted by atomic mass is 32.2. The summed E-state index contributed by atoms with van der Waals surface area (Å²) in [6.07, 6.45) is 13.1. The van der Waals surface area contributed by atoms with Gasteiger partial charge in [-0.2, -0.15) is 17.5 Å². The molecule has 0 aromatic carbocycles. The monoisotopic (exact) mass is 940 g/mol. The molecule has 0 amide bonds. The minimum Gasteiger partial charge on any atom is -0.442 e. The molecule has 0 spiro atoms. The molecule has 2 aliphatic rings. The fourth-order valence-electron chi connectivity index (χ4n) is 6.09. The van der Waals surface area contributed by atoms with Gasteiger partial charge in [0.25, 0.3) is 0 Å². The van der Waals surface area contributed by atoms with Gasteiger partial charge in [0.1, 0.15) is 31.5 Å². The van der Waals surface area contributed by atoms with Gasteiger partial charge < -0.3 is 19.3 Å². The highest BCUT2D eigenvalue weighted by Gasteiger charge is 2.28. The summed E-state index contributed by atoms with van der Waals surface area (Å²) in [4.78, 5) is 31.1. The largest absolute Gasteiger partial charge is 0.442 e. The van der Waals surface area contributed by atoms with Gasteiger partial charge >= 0.3 is 11.9 Å². The van der Waals surface area contributed by atoms with E-state index in [1.165, 1.54) is 80.8 Å².